The number of aliphatic hydroxyl groups excluding tert-OH is 1. The van der Waals surface area contributed by atoms with Gasteiger partial charge in [-0.05, 0) is 44.2 Å². The Morgan fingerprint density at radius 3 is 2.09 bits per heavy atom. The third-order valence-corrected chi connectivity index (χ3v) is 3.38. The van der Waals surface area contributed by atoms with Crippen LogP contribution in [0.25, 0.3) is 0 Å². The summed E-state index contributed by atoms with van der Waals surface area (Å²) in [4.78, 5) is 9.90. The molecule has 2 aromatic rings. The molecule has 1 unspecified atom stereocenters. The van der Waals surface area contributed by atoms with E-state index in [-0.39, 0.29) is 12.5 Å². The zero-order chi connectivity index (χ0) is 17.1. The van der Waals surface area contributed by atoms with Crippen LogP contribution in [-0.4, -0.2) is 22.3 Å². The van der Waals surface area contributed by atoms with Gasteiger partial charge in [0.25, 0.3) is 0 Å². The molecule has 0 heterocycles. The average Bonchev–Trinajstić information content (AvgIpc) is 2.51. The predicted molar refractivity (Wildman–Crippen MR) is 93.6 cm³/mol. The van der Waals surface area contributed by atoms with E-state index < -0.39 is 5.97 Å². The highest BCUT2D eigenvalue weighted by atomic mass is 16.4. The maximum absolute atomic E-state index is 9.90. The fourth-order valence-corrected chi connectivity index (χ4v) is 2.09. The number of hydrogen-bond acceptors (Lipinski definition) is 2. The maximum atomic E-state index is 9.90. The lowest BCUT2D eigenvalue weighted by atomic mass is 10.0. The van der Waals surface area contributed by atoms with Crippen LogP contribution in [-0.2, 0) is 11.2 Å². The zero-order valence-corrected chi connectivity index (χ0v) is 13.9. The van der Waals surface area contributed by atoms with Crippen molar-refractivity contribution in [3.63, 3.8) is 0 Å². The van der Waals surface area contributed by atoms with E-state index >= 15 is 0 Å². The summed E-state index contributed by atoms with van der Waals surface area (Å²) in [5, 5.41) is 16.8. The fraction of sp³-hybridized carbons (Fsp3) is 0.350. The number of aliphatic carboxylic acids is 1. The molecule has 2 N–H and O–H groups in total. The van der Waals surface area contributed by atoms with Gasteiger partial charge in [0, 0.05) is 6.42 Å². The minimum absolute atomic E-state index is 0.158. The van der Waals surface area contributed by atoms with Gasteiger partial charge in [-0.2, -0.15) is 0 Å². The summed E-state index contributed by atoms with van der Waals surface area (Å²) in [5.74, 6) is -0.796. The minimum atomic E-state index is -0.796. The molecule has 0 aliphatic heterocycles. The van der Waals surface area contributed by atoms with Gasteiger partial charge in [0.05, 0.1) is 6.10 Å². The molecule has 2 rings (SSSR count). The van der Waals surface area contributed by atoms with E-state index in [1.165, 1.54) is 16.7 Å². The molecule has 0 amide bonds. The van der Waals surface area contributed by atoms with Gasteiger partial charge in [-0.1, -0.05) is 60.2 Å². The second-order valence-corrected chi connectivity index (χ2v) is 5.78. The Bertz CT molecular complexity index is 559. The molecule has 0 saturated heterocycles. The first-order valence-electron chi connectivity index (χ1n) is 7.96. The minimum Gasteiger partial charge on any atom is -0.481 e. The molecule has 124 valence electrons. The van der Waals surface area contributed by atoms with Crippen molar-refractivity contribution in [1.29, 1.82) is 0 Å². The van der Waals surface area contributed by atoms with Crippen molar-refractivity contribution in [2.45, 2.75) is 45.6 Å². The van der Waals surface area contributed by atoms with Gasteiger partial charge in [-0.25, -0.2) is 0 Å². The van der Waals surface area contributed by atoms with Crippen molar-refractivity contribution in [3.8, 4) is 0 Å². The summed E-state index contributed by atoms with van der Waals surface area (Å²) in [6.45, 7) is 3.77. The van der Waals surface area contributed by atoms with Crippen LogP contribution < -0.4 is 0 Å². The lowest BCUT2D eigenvalue weighted by Gasteiger charge is -2.01. The fourth-order valence-electron chi connectivity index (χ4n) is 2.09. The van der Waals surface area contributed by atoms with Crippen LogP contribution in [0.2, 0.25) is 0 Å². The number of rotatable bonds is 6. The monoisotopic (exact) mass is 314 g/mol. The van der Waals surface area contributed by atoms with Crippen LogP contribution in [0.1, 0.15) is 42.9 Å². The number of aryl methyl sites for hydroxylation is 1. The average molecular weight is 314 g/mol. The van der Waals surface area contributed by atoms with Crippen LogP contribution >= 0.6 is 0 Å². The SMILES string of the molecule is CC(O)CCCC(=O)O.Cc1ccc(Cc2ccccc2)cc1. The Balaban J connectivity index is 0.000000257. The van der Waals surface area contributed by atoms with Crippen molar-refractivity contribution in [3.05, 3.63) is 71.3 Å². The van der Waals surface area contributed by atoms with Crippen molar-refractivity contribution < 1.29 is 15.0 Å². The summed E-state index contributed by atoms with van der Waals surface area (Å²) in [7, 11) is 0. The Labute approximate surface area is 138 Å². The molecule has 0 bridgehead atoms. The molecule has 0 aromatic heterocycles. The highest BCUT2D eigenvalue weighted by molar-refractivity contribution is 5.66. The van der Waals surface area contributed by atoms with Gasteiger partial charge in [-0.15, -0.1) is 0 Å². The van der Waals surface area contributed by atoms with Gasteiger partial charge >= 0.3 is 5.97 Å². The van der Waals surface area contributed by atoms with Crippen LogP contribution in [0.5, 0.6) is 0 Å². The van der Waals surface area contributed by atoms with Crippen LogP contribution in [0.3, 0.4) is 0 Å². The number of benzene rings is 2. The summed E-state index contributed by atoms with van der Waals surface area (Å²) in [5.41, 5.74) is 4.07. The Hall–Kier alpha value is -2.13. The molecule has 23 heavy (non-hydrogen) atoms. The topological polar surface area (TPSA) is 57.5 Å². The number of carboxylic acids is 1. The van der Waals surface area contributed by atoms with Crippen LogP contribution in [0, 0.1) is 6.92 Å². The molecule has 0 spiro atoms. The third-order valence-electron chi connectivity index (χ3n) is 3.38. The molecular weight excluding hydrogens is 288 g/mol. The number of aliphatic hydroxyl groups is 1. The van der Waals surface area contributed by atoms with Gasteiger partial charge < -0.3 is 10.2 Å². The first-order chi connectivity index (χ1) is 11.0. The predicted octanol–water partition coefficient (Wildman–Crippen LogP) is 4.21. The van der Waals surface area contributed by atoms with Gasteiger partial charge in [-0.3, -0.25) is 4.79 Å². The van der Waals surface area contributed by atoms with E-state index in [0.29, 0.717) is 12.8 Å². The first-order valence-corrected chi connectivity index (χ1v) is 7.96. The lowest BCUT2D eigenvalue weighted by molar-refractivity contribution is -0.137. The summed E-state index contributed by atoms with van der Waals surface area (Å²) in [6, 6.07) is 19.3. The smallest absolute Gasteiger partial charge is 0.303 e. The van der Waals surface area contributed by atoms with E-state index in [1.807, 2.05) is 0 Å². The molecule has 2 aromatic carbocycles. The molecule has 3 heteroatoms. The van der Waals surface area contributed by atoms with E-state index in [9.17, 15) is 4.79 Å². The summed E-state index contributed by atoms with van der Waals surface area (Å²) in [6.07, 6.45) is 1.95. The van der Waals surface area contributed by atoms with E-state index in [4.69, 9.17) is 10.2 Å². The molecule has 0 fully saturated rings. The summed E-state index contributed by atoms with van der Waals surface area (Å²) < 4.78 is 0. The van der Waals surface area contributed by atoms with Crippen LogP contribution in [0.15, 0.2) is 54.6 Å². The Morgan fingerprint density at radius 1 is 1.00 bits per heavy atom. The van der Waals surface area contributed by atoms with Crippen molar-refractivity contribution in [1.82, 2.24) is 0 Å². The Morgan fingerprint density at radius 2 is 1.57 bits per heavy atom. The van der Waals surface area contributed by atoms with Crippen molar-refractivity contribution in [2.75, 3.05) is 0 Å². The van der Waals surface area contributed by atoms with E-state index in [2.05, 4.69) is 61.5 Å². The lowest BCUT2D eigenvalue weighted by Crippen LogP contribution is -2.01. The Kier molecular flexibility index (Phi) is 8.70. The molecule has 3 nitrogen and oxygen atoms in total. The quantitative estimate of drug-likeness (QED) is 0.840. The highest BCUT2D eigenvalue weighted by Crippen LogP contribution is 2.09. The third kappa shape index (κ3) is 9.48. The van der Waals surface area contributed by atoms with Crippen LogP contribution in [0.4, 0.5) is 0 Å². The molecule has 0 aliphatic rings. The summed E-state index contributed by atoms with van der Waals surface area (Å²) >= 11 is 0. The number of carboxylic acid groups (broad SMARTS) is 1. The molecule has 0 aliphatic carbocycles. The van der Waals surface area contributed by atoms with Gasteiger partial charge in [0.2, 0.25) is 0 Å². The number of hydrogen-bond donors (Lipinski definition) is 2. The van der Waals surface area contributed by atoms with E-state index in [1.54, 1.807) is 6.92 Å². The standard InChI is InChI=1S/C14H14.C6H12O3/c1-12-7-9-14(10-8-12)11-13-5-3-2-4-6-13;1-5(7)3-2-4-6(8)9/h2-10H,11H2,1H3;5,7H,2-4H2,1H3,(H,8,9). The zero-order valence-electron chi connectivity index (χ0n) is 13.9. The van der Waals surface area contributed by atoms with Crippen molar-refractivity contribution >= 4 is 5.97 Å². The van der Waals surface area contributed by atoms with Gasteiger partial charge in [0.1, 0.15) is 0 Å². The second kappa shape index (κ2) is 10.6. The molecule has 1 atom stereocenters. The first kappa shape index (κ1) is 18.9. The van der Waals surface area contributed by atoms with E-state index in [0.717, 1.165) is 6.42 Å². The van der Waals surface area contributed by atoms with Crippen molar-refractivity contribution in [2.24, 2.45) is 0 Å². The maximum Gasteiger partial charge on any atom is 0.303 e. The van der Waals surface area contributed by atoms with Gasteiger partial charge in [0.15, 0.2) is 0 Å². The molecule has 0 saturated carbocycles. The second-order valence-electron chi connectivity index (χ2n) is 5.78. The molecule has 0 radical (unpaired) electrons. The number of carbonyl (C=O) groups is 1. The normalized spacial score (nSPS) is 11.3. The highest BCUT2D eigenvalue weighted by Gasteiger charge is 1.98. The molecular formula is C20H26O3. The largest absolute Gasteiger partial charge is 0.481 e.